The van der Waals surface area contributed by atoms with E-state index in [1.54, 1.807) is 21.3 Å². The monoisotopic (exact) mass is 371 g/mol. The molecule has 2 heterocycles. The number of hydrogen-bond donors (Lipinski definition) is 1. The first kappa shape index (κ1) is 19.4. The Morgan fingerprint density at radius 1 is 1.26 bits per heavy atom. The van der Waals surface area contributed by atoms with Crippen LogP contribution in [0.1, 0.15) is 30.4 Å². The predicted molar refractivity (Wildman–Crippen MR) is 106 cm³/mol. The van der Waals surface area contributed by atoms with E-state index in [0.717, 1.165) is 49.6 Å². The second kappa shape index (κ2) is 8.09. The molecule has 0 amide bonds. The number of rotatable bonds is 5. The third-order valence-corrected chi connectivity index (χ3v) is 5.64. The van der Waals surface area contributed by atoms with Crippen LogP contribution in [0, 0.1) is 0 Å². The van der Waals surface area contributed by atoms with Crippen LogP contribution in [0.3, 0.4) is 0 Å². The number of aromatic hydroxyl groups is 1. The molecular weight excluding hydrogens is 342 g/mol. The van der Waals surface area contributed by atoms with Crippen molar-refractivity contribution >= 4 is 0 Å². The summed E-state index contributed by atoms with van der Waals surface area (Å²) in [5.41, 5.74) is 4.77. The van der Waals surface area contributed by atoms with Crippen LogP contribution < -0.4 is 4.74 Å². The van der Waals surface area contributed by atoms with E-state index in [1.807, 2.05) is 25.1 Å². The van der Waals surface area contributed by atoms with Gasteiger partial charge >= 0.3 is 0 Å². The van der Waals surface area contributed by atoms with Crippen molar-refractivity contribution in [1.29, 1.82) is 0 Å². The summed E-state index contributed by atoms with van der Waals surface area (Å²) < 4.78 is 16.5. The summed E-state index contributed by atoms with van der Waals surface area (Å²) in [6.45, 7) is 8.65. The van der Waals surface area contributed by atoms with Gasteiger partial charge in [-0.15, -0.1) is 0 Å². The molecule has 5 nitrogen and oxygen atoms in total. The maximum Gasteiger partial charge on any atom is 0.160 e. The third-order valence-electron chi connectivity index (χ3n) is 5.64. The molecule has 2 bridgehead atoms. The van der Waals surface area contributed by atoms with Crippen molar-refractivity contribution in [3.8, 4) is 11.5 Å². The first-order valence-corrected chi connectivity index (χ1v) is 9.28. The van der Waals surface area contributed by atoms with E-state index in [-0.39, 0.29) is 5.75 Å². The summed E-state index contributed by atoms with van der Waals surface area (Å²) in [5, 5.41) is 10.2. The van der Waals surface area contributed by atoms with E-state index >= 15 is 0 Å². The second-order valence-corrected chi connectivity index (χ2v) is 7.11. The minimum absolute atomic E-state index is 0.209. The molecule has 0 fully saturated rings. The standard InChI is InChI=1S/C22H29NO4/c1-6-15-9-17-12-23(13-19(15)22(27-5)14(2)25-3)8-7-16-10-20(24)21(26-4)11-18(16)17/h6,10-11,17,24H,1,7-9,12-13H2,2-5H3. The van der Waals surface area contributed by atoms with Crippen LogP contribution in [0.25, 0.3) is 0 Å². The van der Waals surface area contributed by atoms with Crippen LogP contribution in [-0.4, -0.2) is 51.0 Å². The first-order chi connectivity index (χ1) is 13.0. The lowest BCUT2D eigenvalue weighted by molar-refractivity contribution is 0.221. The van der Waals surface area contributed by atoms with Gasteiger partial charge in [-0.25, -0.2) is 0 Å². The predicted octanol–water partition coefficient (Wildman–Crippen LogP) is 3.75. The fraction of sp³-hybridized carbons (Fsp3) is 0.455. The Hall–Kier alpha value is -2.40. The Morgan fingerprint density at radius 2 is 2.04 bits per heavy atom. The highest BCUT2D eigenvalue weighted by Gasteiger charge is 2.31. The average molecular weight is 371 g/mol. The van der Waals surface area contributed by atoms with Gasteiger partial charge < -0.3 is 19.3 Å². The molecule has 0 aromatic heterocycles. The van der Waals surface area contributed by atoms with Gasteiger partial charge in [0, 0.05) is 31.1 Å². The quantitative estimate of drug-likeness (QED) is 0.799. The Kier molecular flexibility index (Phi) is 5.80. The normalized spacial score (nSPS) is 22.8. The van der Waals surface area contributed by atoms with Crippen LogP contribution in [0.2, 0.25) is 0 Å². The molecule has 0 spiro atoms. The number of nitrogens with zero attached hydrogens (tertiary/aromatic N) is 1. The van der Waals surface area contributed by atoms with Crippen molar-refractivity contribution in [3.63, 3.8) is 0 Å². The largest absolute Gasteiger partial charge is 0.504 e. The van der Waals surface area contributed by atoms with E-state index in [2.05, 4.69) is 11.5 Å². The number of methoxy groups -OCH3 is 3. The summed E-state index contributed by atoms with van der Waals surface area (Å²) in [4.78, 5) is 2.45. The van der Waals surface area contributed by atoms with E-state index in [0.29, 0.717) is 11.7 Å². The van der Waals surface area contributed by atoms with Gasteiger partial charge in [-0.3, -0.25) is 4.90 Å². The number of hydrogen-bond acceptors (Lipinski definition) is 5. The van der Waals surface area contributed by atoms with Gasteiger partial charge in [0.1, 0.15) is 5.76 Å². The molecule has 5 heteroatoms. The van der Waals surface area contributed by atoms with Crippen LogP contribution in [0.4, 0.5) is 0 Å². The molecule has 1 aromatic rings. The van der Waals surface area contributed by atoms with Gasteiger partial charge in [-0.05, 0) is 48.6 Å². The molecule has 0 aliphatic carbocycles. The van der Waals surface area contributed by atoms with Gasteiger partial charge in [0.05, 0.1) is 21.3 Å². The van der Waals surface area contributed by atoms with Gasteiger partial charge in [0.25, 0.3) is 0 Å². The molecular formula is C22H29NO4. The first-order valence-electron chi connectivity index (χ1n) is 9.28. The second-order valence-electron chi connectivity index (χ2n) is 7.11. The average Bonchev–Trinajstić information content (AvgIpc) is 2.96. The van der Waals surface area contributed by atoms with Crippen LogP contribution in [0.5, 0.6) is 11.5 Å². The van der Waals surface area contributed by atoms with Gasteiger partial charge in [-0.2, -0.15) is 0 Å². The third kappa shape index (κ3) is 3.69. The molecule has 27 heavy (non-hydrogen) atoms. The maximum absolute atomic E-state index is 10.2. The molecule has 2 atom stereocenters. The number of ether oxygens (including phenoxy) is 3. The highest BCUT2D eigenvalue weighted by molar-refractivity contribution is 5.50. The molecule has 1 N–H and O–H groups in total. The highest BCUT2D eigenvalue weighted by atomic mass is 16.5. The zero-order valence-electron chi connectivity index (χ0n) is 16.7. The van der Waals surface area contributed by atoms with E-state index in [9.17, 15) is 5.11 Å². The molecule has 2 aliphatic rings. The Labute approximate surface area is 161 Å². The fourth-order valence-electron chi connectivity index (χ4n) is 4.20. The van der Waals surface area contributed by atoms with Crippen molar-refractivity contribution in [3.05, 3.63) is 58.6 Å². The topological polar surface area (TPSA) is 51.2 Å². The molecule has 146 valence electrons. The zero-order valence-corrected chi connectivity index (χ0v) is 16.7. The minimum Gasteiger partial charge on any atom is -0.504 e. The lowest BCUT2D eigenvalue weighted by Gasteiger charge is -2.23. The highest BCUT2D eigenvalue weighted by Crippen LogP contribution is 2.40. The van der Waals surface area contributed by atoms with Crippen molar-refractivity contribution in [2.24, 2.45) is 0 Å². The summed E-state index contributed by atoms with van der Waals surface area (Å²) >= 11 is 0. The number of phenolic OH excluding ortho intramolecular Hbond substituents is 1. The smallest absolute Gasteiger partial charge is 0.160 e. The lowest BCUT2D eigenvalue weighted by atomic mass is 9.87. The summed E-state index contributed by atoms with van der Waals surface area (Å²) in [6, 6.07) is 3.86. The lowest BCUT2D eigenvalue weighted by Crippen LogP contribution is -2.29. The molecule has 0 radical (unpaired) electrons. The molecule has 3 rings (SSSR count). The summed E-state index contributed by atoms with van der Waals surface area (Å²) in [5.74, 6) is 2.62. The van der Waals surface area contributed by atoms with Crippen molar-refractivity contribution in [2.45, 2.75) is 25.7 Å². The van der Waals surface area contributed by atoms with E-state index in [4.69, 9.17) is 14.2 Å². The van der Waals surface area contributed by atoms with Gasteiger partial charge in [-0.1, -0.05) is 12.7 Å². The van der Waals surface area contributed by atoms with Crippen LogP contribution in [-0.2, 0) is 15.9 Å². The fourth-order valence-corrected chi connectivity index (χ4v) is 4.20. The number of benzene rings is 1. The zero-order chi connectivity index (χ0) is 19.6. The van der Waals surface area contributed by atoms with Crippen molar-refractivity contribution in [2.75, 3.05) is 41.0 Å². The number of phenols is 1. The molecule has 1 aromatic carbocycles. The Morgan fingerprint density at radius 3 is 2.67 bits per heavy atom. The Balaban J connectivity index is 2.09. The molecule has 2 unspecified atom stereocenters. The number of allylic oxidation sites excluding steroid dienone is 3. The SMILES string of the molecule is C=CC1=C(C(OC)=C(C)OC)CN2CCc3cc(O)c(OC)cc3C(C1)C2. The maximum atomic E-state index is 10.2. The van der Waals surface area contributed by atoms with Gasteiger partial charge in [0.2, 0.25) is 0 Å². The van der Waals surface area contributed by atoms with Crippen LogP contribution in [0.15, 0.2) is 47.5 Å². The van der Waals surface area contributed by atoms with E-state index < -0.39 is 0 Å². The van der Waals surface area contributed by atoms with E-state index in [1.165, 1.54) is 16.7 Å². The molecule has 0 saturated carbocycles. The number of fused-ring (bicyclic) bond motifs is 4. The Bertz CT molecular complexity index is 794. The van der Waals surface area contributed by atoms with Crippen LogP contribution >= 0.6 is 0 Å². The molecule has 2 aliphatic heterocycles. The van der Waals surface area contributed by atoms with Crippen molar-refractivity contribution in [1.82, 2.24) is 4.90 Å². The van der Waals surface area contributed by atoms with Crippen molar-refractivity contribution < 1.29 is 19.3 Å². The minimum atomic E-state index is 0.209. The summed E-state index contributed by atoms with van der Waals surface area (Å²) in [6.07, 6.45) is 3.70. The van der Waals surface area contributed by atoms with Gasteiger partial charge in [0.15, 0.2) is 17.3 Å². The summed E-state index contributed by atoms with van der Waals surface area (Å²) in [7, 11) is 4.94. The molecule has 0 saturated heterocycles.